The van der Waals surface area contributed by atoms with E-state index in [0.29, 0.717) is 5.92 Å². The number of benzene rings is 1. The number of hydrogen-bond acceptors (Lipinski definition) is 3. The van der Waals surface area contributed by atoms with E-state index in [1.54, 1.807) is 14.2 Å². The van der Waals surface area contributed by atoms with Gasteiger partial charge in [-0.05, 0) is 37.3 Å². The Bertz CT molecular complexity index is 374. The van der Waals surface area contributed by atoms with Gasteiger partial charge in [0.05, 0.1) is 14.2 Å². The zero-order chi connectivity index (χ0) is 11.5. The highest BCUT2D eigenvalue weighted by Gasteiger charge is 2.23. The summed E-state index contributed by atoms with van der Waals surface area (Å²) in [5.41, 5.74) is 2.44. The van der Waals surface area contributed by atoms with Crippen molar-refractivity contribution in [3.05, 3.63) is 23.3 Å². The summed E-state index contributed by atoms with van der Waals surface area (Å²) in [6.45, 7) is 0.250. The summed E-state index contributed by atoms with van der Waals surface area (Å²) in [7, 11) is 3.38. The summed E-state index contributed by atoms with van der Waals surface area (Å²) in [5, 5.41) is 9.23. The van der Waals surface area contributed by atoms with Crippen molar-refractivity contribution in [1.82, 2.24) is 0 Å². The van der Waals surface area contributed by atoms with Crippen LogP contribution in [-0.4, -0.2) is 25.9 Å². The predicted octanol–water partition coefficient (Wildman–Crippen LogP) is 1.80. The predicted molar refractivity (Wildman–Crippen MR) is 62.1 cm³/mol. The maximum Gasteiger partial charge on any atom is 0.122 e. The van der Waals surface area contributed by atoms with Gasteiger partial charge >= 0.3 is 0 Å². The molecule has 1 atom stereocenters. The first-order chi connectivity index (χ1) is 7.80. The Balaban J connectivity index is 2.42. The van der Waals surface area contributed by atoms with Crippen LogP contribution in [0.25, 0.3) is 0 Å². The second kappa shape index (κ2) is 4.74. The van der Waals surface area contributed by atoms with E-state index in [1.807, 2.05) is 12.1 Å². The molecule has 0 bridgehead atoms. The highest BCUT2D eigenvalue weighted by atomic mass is 16.5. The minimum atomic E-state index is 0.250. The molecule has 0 spiro atoms. The molecule has 3 nitrogen and oxygen atoms in total. The molecule has 0 saturated carbocycles. The Morgan fingerprint density at radius 3 is 2.38 bits per heavy atom. The molecule has 0 amide bonds. The zero-order valence-electron chi connectivity index (χ0n) is 9.82. The van der Waals surface area contributed by atoms with E-state index >= 15 is 0 Å². The number of fused-ring (bicyclic) bond motifs is 1. The Morgan fingerprint density at radius 1 is 1.19 bits per heavy atom. The number of methoxy groups -OCH3 is 2. The largest absolute Gasteiger partial charge is 0.496 e. The van der Waals surface area contributed by atoms with Crippen LogP contribution in [0.5, 0.6) is 11.5 Å². The van der Waals surface area contributed by atoms with Crippen molar-refractivity contribution in [3.63, 3.8) is 0 Å². The standard InChI is InChI=1S/C13H18O3/c1-15-12-5-6-13(16-2)11-7-9(8-14)3-4-10(11)12/h5-6,9,14H,3-4,7-8H2,1-2H3. The van der Waals surface area contributed by atoms with E-state index in [9.17, 15) is 5.11 Å². The molecule has 0 aromatic heterocycles. The molecular weight excluding hydrogens is 204 g/mol. The third kappa shape index (κ3) is 1.87. The number of aliphatic hydroxyl groups excluding tert-OH is 1. The van der Waals surface area contributed by atoms with Crippen LogP contribution < -0.4 is 9.47 Å². The third-order valence-electron chi connectivity index (χ3n) is 3.34. The molecule has 1 aromatic carbocycles. The van der Waals surface area contributed by atoms with Crippen molar-refractivity contribution >= 4 is 0 Å². The first kappa shape index (κ1) is 11.3. The summed E-state index contributed by atoms with van der Waals surface area (Å²) >= 11 is 0. The first-order valence-corrected chi connectivity index (χ1v) is 5.63. The average molecular weight is 222 g/mol. The lowest BCUT2D eigenvalue weighted by Crippen LogP contribution is -2.18. The second-order valence-electron chi connectivity index (χ2n) is 4.22. The van der Waals surface area contributed by atoms with Crippen molar-refractivity contribution in [3.8, 4) is 11.5 Å². The fraction of sp³-hybridized carbons (Fsp3) is 0.538. The number of ether oxygens (including phenoxy) is 2. The molecule has 88 valence electrons. The van der Waals surface area contributed by atoms with E-state index in [4.69, 9.17) is 9.47 Å². The Kier molecular flexibility index (Phi) is 3.34. The highest BCUT2D eigenvalue weighted by Crippen LogP contribution is 2.37. The van der Waals surface area contributed by atoms with Crippen molar-refractivity contribution in [2.75, 3.05) is 20.8 Å². The van der Waals surface area contributed by atoms with Gasteiger partial charge in [0.15, 0.2) is 0 Å². The van der Waals surface area contributed by atoms with Crippen LogP contribution in [0, 0.1) is 5.92 Å². The maximum absolute atomic E-state index is 9.23. The van der Waals surface area contributed by atoms with Crippen LogP contribution in [-0.2, 0) is 12.8 Å². The molecule has 16 heavy (non-hydrogen) atoms. The molecule has 1 aromatic rings. The SMILES string of the molecule is COc1ccc(OC)c2c1CCC(CO)C2. The first-order valence-electron chi connectivity index (χ1n) is 5.63. The highest BCUT2D eigenvalue weighted by molar-refractivity contribution is 5.50. The molecule has 0 aliphatic heterocycles. The van der Waals surface area contributed by atoms with Crippen LogP contribution >= 0.6 is 0 Å². The average Bonchev–Trinajstić information content (AvgIpc) is 2.36. The van der Waals surface area contributed by atoms with E-state index in [1.165, 1.54) is 11.1 Å². The molecule has 0 fully saturated rings. The zero-order valence-corrected chi connectivity index (χ0v) is 9.82. The molecule has 0 heterocycles. The van der Waals surface area contributed by atoms with Crippen LogP contribution in [0.2, 0.25) is 0 Å². The monoisotopic (exact) mass is 222 g/mol. The molecule has 0 radical (unpaired) electrons. The second-order valence-corrected chi connectivity index (χ2v) is 4.22. The number of aliphatic hydroxyl groups is 1. The molecule has 0 saturated heterocycles. The summed E-state index contributed by atoms with van der Waals surface area (Å²) in [6.07, 6.45) is 2.86. The molecule has 3 heteroatoms. The Hall–Kier alpha value is -1.22. The molecular formula is C13H18O3. The number of rotatable bonds is 3. The lowest BCUT2D eigenvalue weighted by atomic mass is 9.83. The summed E-state index contributed by atoms with van der Waals surface area (Å²) < 4.78 is 10.7. The van der Waals surface area contributed by atoms with Crippen LogP contribution in [0.15, 0.2) is 12.1 Å². The lowest BCUT2D eigenvalue weighted by Gasteiger charge is -2.26. The van der Waals surface area contributed by atoms with Gasteiger partial charge in [0, 0.05) is 17.7 Å². The van der Waals surface area contributed by atoms with Gasteiger partial charge in [-0.1, -0.05) is 0 Å². The van der Waals surface area contributed by atoms with Gasteiger partial charge in [-0.25, -0.2) is 0 Å². The summed E-state index contributed by atoms with van der Waals surface area (Å²) in [5.74, 6) is 2.20. The van der Waals surface area contributed by atoms with Gasteiger partial charge in [-0.2, -0.15) is 0 Å². The Labute approximate surface area is 96.0 Å². The molecule has 1 unspecified atom stereocenters. The number of hydrogen-bond donors (Lipinski definition) is 1. The van der Waals surface area contributed by atoms with Gasteiger partial charge in [-0.15, -0.1) is 0 Å². The molecule has 2 rings (SSSR count). The lowest BCUT2D eigenvalue weighted by molar-refractivity contribution is 0.211. The van der Waals surface area contributed by atoms with Crippen molar-refractivity contribution in [2.45, 2.75) is 19.3 Å². The van der Waals surface area contributed by atoms with E-state index in [2.05, 4.69) is 0 Å². The third-order valence-corrected chi connectivity index (χ3v) is 3.34. The fourth-order valence-corrected chi connectivity index (χ4v) is 2.43. The minimum absolute atomic E-state index is 0.250. The topological polar surface area (TPSA) is 38.7 Å². The molecule has 1 aliphatic rings. The summed E-state index contributed by atoms with van der Waals surface area (Å²) in [4.78, 5) is 0. The van der Waals surface area contributed by atoms with Crippen LogP contribution in [0.4, 0.5) is 0 Å². The van der Waals surface area contributed by atoms with E-state index in [0.717, 1.165) is 30.8 Å². The van der Waals surface area contributed by atoms with Gasteiger partial charge < -0.3 is 14.6 Å². The maximum atomic E-state index is 9.23. The fourth-order valence-electron chi connectivity index (χ4n) is 2.43. The molecule has 1 aliphatic carbocycles. The smallest absolute Gasteiger partial charge is 0.122 e. The molecule has 1 N–H and O–H groups in total. The summed E-state index contributed by atoms with van der Waals surface area (Å²) in [6, 6.07) is 3.90. The van der Waals surface area contributed by atoms with E-state index < -0.39 is 0 Å². The van der Waals surface area contributed by atoms with Gasteiger partial charge in [0.1, 0.15) is 11.5 Å². The normalized spacial score (nSPS) is 19.1. The van der Waals surface area contributed by atoms with Crippen LogP contribution in [0.3, 0.4) is 0 Å². The van der Waals surface area contributed by atoms with Gasteiger partial charge in [0.25, 0.3) is 0 Å². The van der Waals surface area contributed by atoms with Gasteiger partial charge in [0.2, 0.25) is 0 Å². The van der Waals surface area contributed by atoms with E-state index in [-0.39, 0.29) is 6.61 Å². The minimum Gasteiger partial charge on any atom is -0.496 e. The Morgan fingerprint density at radius 2 is 1.81 bits per heavy atom. The van der Waals surface area contributed by atoms with Gasteiger partial charge in [-0.3, -0.25) is 0 Å². The quantitative estimate of drug-likeness (QED) is 0.847. The van der Waals surface area contributed by atoms with Crippen molar-refractivity contribution in [2.24, 2.45) is 5.92 Å². The van der Waals surface area contributed by atoms with Crippen LogP contribution in [0.1, 0.15) is 17.5 Å². The van der Waals surface area contributed by atoms with Crippen molar-refractivity contribution < 1.29 is 14.6 Å². The van der Waals surface area contributed by atoms with Crippen molar-refractivity contribution in [1.29, 1.82) is 0 Å².